The zero-order chi connectivity index (χ0) is 27.7. The molecule has 5 rings (SSSR count). The number of hydrogen-bond acceptors (Lipinski definition) is 4. The van der Waals surface area contributed by atoms with E-state index in [2.05, 4.69) is 10.4 Å². The third-order valence-electron chi connectivity index (χ3n) is 6.83. The SMILES string of the molecule is CCN1C(=O)[C@H](NC(=O)c2cccc(C(F)(F)F)c2)[C@@H](c2cccc(CN)c2)c2cnn(-c3ccccc3)c21. The summed E-state index contributed by atoms with van der Waals surface area (Å²) >= 11 is 0. The molecular weight excluding hydrogens is 507 g/mol. The average molecular weight is 534 g/mol. The van der Waals surface area contributed by atoms with E-state index in [0.29, 0.717) is 11.4 Å². The number of aromatic nitrogens is 2. The lowest BCUT2D eigenvalue weighted by Gasteiger charge is -2.38. The molecule has 3 N–H and O–H groups in total. The Hall–Kier alpha value is -4.44. The van der Waals surface area contributed by atoms with Crippen LogP contribution in [0.5, 0.6) is 0 Å². The van der Waals surface area contributed by atoms with Crippen molar-refractivity contribution in [1.29, 1.82) is 0 Å². The Morgan fingerprint density at radius 2 is 1.77 bits per heavy atom. The maximum absolute atomic E-state index is 14.0. The Bertz CT molecular complexity index is 1520. The number of anilines is 1. The average Bonchev–Trinajstić information content (AvgIpc) is 3.38. The number of carbonyl (C=O) groups is 2. The summed E-state index contributed by atoms with van der Waals surface area (Å²) in [6.07, 6.45) is -2.94. The number of likely N-dealkylation sites (N-methyl/N-ethyl adjacent to an activating group) is 1. The highest BCUT2D eigenvalue weighted by molar-refractivity contribution is 6.05. The van der Waals surface area contributed by atoms with Crippen LogP contribution in [0.3, 0.4) is 0 Å². The highest BCUT2D eigenvalue weighted by Gasteiger charge is 2.44. The smallest absolute Gasteiger partial charge is 0.339 e. The first-order valence-electron chi connectivity index (χ1n) is 12.4. The number of nitrogens with one attached hydrogen (secondary N) is 1. The van der Waals surface area contributed by atoms with E-state index in [4.69, 9.17) is 5.73 Å². The molecule has 2 amide bonds. The van der Waals surface area contributed by atoms with Crippen molar-refractivity contribution in [3.63, 3.8) is 0 Å². The minimum atomic E-state index is -4.61. The van der Waals surface area contributed by atoms with Crippen LogP contribution < -0.4 is 16.0 Å². The van der Waals surface area contributed by atoms with Crippen LogP contribution >= 0.6 is 0 Å². The fourth-order valence-corrected chi connectivity index (χ4v) is 4.99. The third kappa shape index (κ3) is 4.90. The summed E-state index contributed by atoms with van der Waals surface area (Å²) in [5.74, 6) is -1.27. The van der Waals surface area contributed by atoms with E-state index in [1.54, 1.807) is 10.9 Å². The maximum Gasteiger partial charge on any atom is 0.416 e. The molecule has 0 aliphatic carbocycles. The van der Waals surface area contributed by atoms with Gasteiger partial charge in [-0.2, -0.15) is 18.3 Å². The molecule has 1 aliphatic heterocycles. The summed E-state index contributed by atoms with van der Waals surface area (Å²) in [5.41, 5.74) is 7.75. The van der Waals surface area contributed by atoms with Gasteiger partial charge in [-0.05, 0) is 48.4 Å². The van der Waals surface area contributed by atoms with Gasteiger partial charge in [0.1, 0.15) is 11.9 Å². The standard InChI is InChI=1S/C29H26F3N5O2/c1-2-36-27-23(17-34-37(27)22-12-4-3-5-13-22)24(19-9-6-8-18(14-19)16-33)25(28(36)39)35-26(38)20-10-7-11-21(15-20)29(30,31)32/h3-15,17,24-25H,2,16,33H2,1H3,(H,35,38)/t24-,25+/m0/s1. The molecule has 2 heterocycles. The molecule has 7 nitrogen and oxygen atoms in total. The number of para-hydroxylation sites is 1. The Morgan fingerprint density at radius 1 is 1.03 bits per heavy atom. The van der Waals surface area contributed by atoms with Crippen LogP contribution in [0.2, 0.25) is 0 Å². The van der Waals surface area contributed by atoms with Crippen LogP contribution in [-0.2, 0) is 17.5 Å². The van der Waals surface area contributed by atoms with Crippen molar-refractivity contribution in [3.05, 3.63) is 113 Å². The van der Waals surface area contributed by atoms with E-state index in [-0.39, 0.29) is 18.7 Å². The maximum atomic E-state index is 14.0. The van der Waals surface area contributed by atoms with Gasteiger partial charge < -0.3 is 11.1 Å². The van der Waals surface area contributed by atoms with Crippen LogP contribution in [0.25, 0.3) is 5.69 Å². The van der Waals surface area contributed by atoms with Crippen molar-refractivity contribution in [1.82, 2.24) is 15.1 Å². The molecule has 2 atom stereocenters. The van der Waals surface area contributed by atoms with Crippen molar-refractivity contribution < 1.29 is 22.8 Å². The third-order valence-corrected chi connectivity index (χ3v) is 6.83. The van der Waals surface area contributed by atoms with E-state index in [1.165, 1.54) is 17.0 Å². The fourth-order valence-electron chi connectivity index (χ4n) is 4.99. The fraction of sp³-hybridized carbons (Fsp3) is 0.207. The number of nitrogens with zero attached hydrogens (tertiary/aromatic N) is 3. The molecule has 0 saturated carbocycles. The van der Waals surface area contributed by atoms with Gasteiger partial charge >= 0.3 is 6.18 Å². The first kappa shape index (κ1) is 26.2. The van der Waals surface area contributed by atoms with Crippen LogP contribution in [0.4, 0.5) is 19.0 Å². The lowest BCUT2D eigenvalue weighted by Crippen LogP contribution is -2.55. The van der Waals surface area contributed by atoms with E-state index < -0.39 is 35.5 Å². The van der Waals surface area contributed by atoms with Crippen LogP contribution in [0.1, 0.15) is 45.5 Å². The van der Waals surface area contributed by atoms with E-state index in [9.17, 15) is 22.8 Å². The first-order valence-corrected chi connectivity index (χ1v) is 12.4. The molecule has 1 aliphatic rings. The van der Waals surface area contributed by atoms with Gasteiger partial charge in [-0.15, -0.1) is 0 Å². The summed E-state index contributed by atoms with van der Waals surface area (Å²) in [5, 5.41) is 7.33. The first-order chi connectivity index (χ1) is 18.7. The largest absolute Gasteiger partial charge is 0.416 e. The molecule has 3 aromatic carbocycles. The number of nitrogens with two attached hydrogens (primary N) is 1. The molecule has 39 heavy (non-hydrogen) atoms. The summed E-state index contributed by atoms with van der Waals surface area (Å²) in [6.45, 7) is 2.37. The highest BCUT2D eigenvalue weighted by Crippen LogP contribution is 2.41. The molecule has 1 aromatic heterocycles. The van der Waals surface area contributed by atoms with Crippen molar-refractivity contribution >= 4 is 17.6 Å². The van der Waals surface area contributed by atoms with E-state index in [0.717, 1.165) is 28.9 Å². The summed E-state index contributed by atoms with van der Waals surface area (Å²) in [7, 11) is 0. The molecule has 10 heteroatoms. The molecular formula is C29H26F3N5O2. The number of alkyl halides is 3. The summed E-state index contributed by atoms with van der Waals surface area (Å²) in [6, 6.07) is 19.8. The van der Waals surface area contributed by atoms with Gasteiger partial charge in [0.25, 0.3) is 11.8 Å². The number of rotatable bonds is 6. The number of benzene rings is 3. The van der Waals surface area contributed by atoms with Gasteiger partial charge in [0.05, 0.1) is 17.4 Å². The quantitative estimate of drug-likeness (QED) is 0.378. The van der Waals surface area contributed by atoms with Crippen LogP contribution in [0.15, 0.2) is 85.1 Å². The normalized spacial score (nSPS) is 17.2. The zero-order valence-electron chi connectivity index (χ0n) is 21.0. The minimum Gasteiger partial charge on any atom is -0.339 e. The molecule has 0 spiro atoms. The minimum absolute atomic E-state index is 0.194. The Kier molecular flexibility index (Phi) is 6.96. The van der Waals surface area contributed by atoms with E-state index in [1.807, 2.05) is 61.5 Å². The monoisotopic (exact) mass is 533 g/mol. The summed E-state index contributed by atoms with van der Waals surface area (Å²) < 4.78 is 41.6. The molecule has 0 unspecified atom stereocenters. The van der Waals surface area contributed by atoms with Crippen LogP contribution in [0, 0.1) is 0 Å². The predicted molar refractivity (Wildman–Crippen MR) is 140 cm³/mol. The Morgan fingerprint density at radius 3 is 2.46 bits per heavy atom. The number of amides is 2. The molecule has 0 radical (unpaired) electrons. The second-order valence-electron chi connectivity index (χ2n) is 9.21. The van der Waals surface area contributed by atoms with Crippen molar-refractivity contribution in [2.24, 2.45) is 5.73 Å². The number of carbonyl (C=O) groups excluding carboxylic acids is 2. The van der Waals surface area contributed by atoms with Gasteiger partial charge in [-0.25, -0.2) is 4.68 Å². The number of fused-ring (bicyclic) bond motifs is 1. The zero-order valence-corrected chi connectivity index (χ0v) is 21.0. The number of halogens is 3. The van der Waals surface area contributed by atoms with Gasteiger partial charge in [0.2, 0.25) is 0 Å². The Balaban J connectivity index is 1.63. The lowest BCUT2D eigenvalue weighted by molar-refractivity contribution is -0.137. The predicted octanol–water partition coefficient (Wildman–Crippen LogP) is 4.65. The summed E-state index contributed by atoms with van der Waals surface area (Å²) in [4.78, 5) is 28.8. The van der Waals surface area contributed by atoms with Crippen LogP contribution in [-0.4, -0.2) is 34.2 Å². The van der Waals surface area contributed by atoms with Crippen molar-refractivity contribution in [2.75, 3.05) is 11.4 Å². The second kappa shape index (κ2) is 10.4. The second-order valence-corrected chi connectivity index (χ2v) is 9.21. The molecule has 0 bridgehead atoms. The lowest BCUT2D eigenvalue weighted by atomic mass is 9.81. The highest BCUT2D eigenvalue weighted by atomic mass is 19.4. The van der Waals surface area contributed by atoms with Gasteiger partial charge in [0.15, 0.2) is 0 Å². The van der Waals surface area contributed by atoms with Crippen molar-refractivity contribution in [2.45, 2.75) is 31.6 Å². The topological polar surface area (TPSA) is 93.2 Å². The molecule has 0 fully saturated rings. The molecule has 4 aromatic rings. The van der Waals surface area contributed by atoms with Crippen molar-refractivity contribution in [3.8, 4) is 5.69 Å². The number of hydrogen-bond donors (Lipinski definition) is 2. The molecule has 200 valence electrons. The van der Waals surface area contributed by atoms with Gasteiger partial charge in [-0.3, -0.25) is 14.5 Å². The molecule has 0 saturated heterocycles. The Labute approximate surface area is 223 Å². The van der Waals surface area contributed by atoms with Gasteiger partial charge in [0, 0.05) is 30.1 Å². The van der Waals surface area contributed by atoms with E-state index >= 15 is 0 Å². The van der Waals surface area contributed by atoms with Gasteiger partial charge in [-0.1, -0.05) is 48.5 Å².